The number of ketones is 1. The first kappa shape index (κ1) is 11.4. The van der Waals surface area contributed by atoms with E-state index in [2.05, 4.69) is 13.8 Å². The van der Waals surface area contributed by atoms with E-state index in [9.17, 15) is 4.79 Å². The van der Waals surface area contributed by atoms with Gasteiger partial charge >= 0.3 is 0 Å². The molecule has 2 nitrogen and oxygen atoms in total. The van der Waals surface area contributed by atoms with Gasteiger partial charge in [-0.05, 0) is 43.2 Å². The Bertz CT molecular complexity index is 339. The van der Waals surface area contributed by atoms with Crippen molar-refractivity contribution in [3.63, 3.8) is 0 Å². The third-order valence-corrected chi connectivity index (χ3v) is 3.72. The number of carbonyl (C=O) groups is 1. The fourth-order valence-corrected chi connectivity index (χ4v) is 2.45. The van der Waals surface area contributed by atoms with Crippen LogP contribution < -0.4 is 0 Å². The Morgan fingerprint density at radius 2 is 2.12 bits per heavy atom. The fraction of sp³-hybridized carbons (Fsp3) is 0.643. The fourth-order valence-electron chi connectivity index (χ4n) is 2.45. The maximum atomic E-state index is 12.0. The van der Waals surface area contributed by atoms with Crippen LogP contribution in [0.5, 0.6) is 0 Å². The minimum Gasteiger partial charge on any atom is -0.469 e. The third kappa shape index (κ3) is 2.75. The van der Waals surface area contributed by atoms with Crippen molar-refractivity contribution in [2.75, 3.05) is 0 Å². The van der Waals surface area contributed by atoms with Gasteiger partial charge in [-0.3, -0.25) is 4.79 Å². The summed E-state index contributed by atoms with van der Waals surface area (Å²) in [6, 6.07) is 3.72. The molecule has 16 heavy (non-hydrogen) atoms. The lowest BCUT2D eigenvalue weighted by Gasteiger charge is -2.33. The molecule has 1 aromatic heterocycles. The molecule has 0 aliphatic heterocycles. The standard InChI is InChI=1S/C14H20O2/c1-14(2)7-5-11(6-8-14)13(15)10-12-4-3-9-16-12/h3-4,9,11H,5-8,10H2,1-2H3. The molecule has 0 saturated heterocycles. The Balaban J connectivity index is 1.87. The maximum Gasteiger partial charge on any atom is 0.143 e. The molecule has 1 fully saturated rings. The minimum atomic E-state index is 0.262. The van der Waals surface area contributed by atoms with Crippen LogP contribution in [-0.2, 0) is 11.2 Å². The van der Waals surface area contributed by atoms with Crippen LogP contribution in [0.4, 0.5) is 0 Å². The van der Waals surface area contributed by atoms with E-state index < -0.39 is 0 Å². The minimum absolute atomic E-state index is 0.262. The number of carbonyl (C=O) groups excluding carboxylic acids is 1. The molecule has 1 saturated carbocycles. The molecule has 1 aliphatic carbocycles. The average molecular weight is 220 g/mol. The molecule has 1 heterocycles. The van der Waals surface area contributed by atoms with Gasteiger partial charge in [-0.1, -0.05) is 13.8 Å². The molecular weight excluding hydrogens is 200 g/mol. The summed E-state index contributed by atoms with van der Waals surface area (Å²) >= 11 is 0. The summed E-state index contributed by atoms with van der Waals surface area (Å²) in [5.74, 6) is 1.42. The average Bonchev–Trinajstić information content (AvgIpc) is 2.70. The van der Waals surface area contributed by atoms with Crippen molar-refractivity contribution >= 4 is 5.78 Å². The molecular formula is C14H20O2. The van der Waals surface area contributed by atoms with Gasteiger partial charge in [0.15, 0.2) is 0 Å². The van der Waals surface area contributed by atoms with E-state index in [1.54, 1.807) is 6.26 Å². The van der Waals surface area contributed by atoms with Crippen LogP contribution in [0.3, 0.4) is 0 Å². The summed E-state index contributed by atoms with van der Waals surface area (Å²) in [6.45, 7) is 4.58. The lowest BCUT2D eigenvalue weighted by molar-refractivity contribution is -0.124. The molecule has 1 aliphatic rings. The summed E-state index contributed by atoms with van der Waals surface area (Å²) in [5, 5.41) is 0. The predicted octanol–water partition coefficient (Wildman–Crippen LogP) is 3.61. The lowest BCUT2D eigenvalue weighted by Crippen LogP contribution is -2.27. The molecule has 2 rings (SSSR count). The van der Waals surface area contributed by atoms with Gasteiger partial charge in [-0.25, -0.2) is 0 Å². The van der Waals surface area contributed by atoms with Crippen molar-refractivity contribution in [2.24, 2.45) is 11.3 Å². The van der Waals surface area contributed by atoms with Gasteiger partial charge in [-0.2, -0.15) is 0 Å². The monoisotopic (exact) mass is 220 g/mol. The van der Waals surface area contributed by atoms with Crippen molar-refractivity contribution in [1.82, 2.24) is 0 Å². The zero-order valence-corrected chi connectivity index (χ0v) is 10.2. The second-order valence-electron chi connectivity index (χ2n) is 5.66. The van der Waals surface area contributed by atoms with E-state index in [1.807, 2.05) is 12.1 Å². The van der Waals surface area contributed by atoms with Crippen LogP contribution in [0.25, 0.3) is 0 Å². The van der Waals surface area contributed by atoms with Crippen LogP contribution in [0.15, 0.2) is 22.8 Å². The van der Waals surface area contributed by atoms with Crippen molar-refractivity contribution < 1.29 is 9.21 Å². The van der Waals surface area contributed by atoms with Crippen LogP contribution in [0.2, 0.25) is 0 Å². The number of Topliss-reactive ketones (excluding diaryl/α,β-unsaturated/α-hetero) is 1. The highest BCUT2D eigenvalue weighted by atomic mass is 16.3. The smallest absolute Gasteiger partial charge is 0.143 e. The van der Waals surface area contributed by atoms with Crippen molar-refractivity contribution in [1.29, 1.82) is 0 Å². The molecule has 0 unspecified atom stereocenters. The van der Waals surface area contributed by atoms with Crippen LogP contribution in [0.1, 0.15) is 45.3 Å². The first-order valence-electron chi connectivity index (χ1n) is 6.12. The lowest BCUT2D eigenvalue weighted by atomic mass is 9.71. The third-order valence-electron chi connectivity index (χ3n) is 3.72. The van der Waals surface area contributed by atoms with E-state index in [0.717, 1.165) is 18.6 Å². The maximum absolute atomic E-state index is 12.0. The van der Waals surface area contributed by atoms with Crippen LogP contribution in [-0.4, -0.2) is 5.78 Å². The number of rotatable bonds is 3. The number of hydrogen-bond donors (Lipinski definition) is 0. The Morgan fingerprint density at radius 3 is 2.69 bits per heavy atom. The van der Waals surface area contributed by atoms with Gasteiger partial charge in [0.05, 0.1) is 12.7 Å². The SMILES string of the molecule is CC1(C)CCC(C(=O)Cc2ccco2)CC1. The highest BCUT2D eigenvalue weighted by Gasteiger charge is 2.30. The van der Waals surface area contributed by atoms with Gasteiger partial charge in [0, 0.05) is 5.92 Å². The number of furan rings is 1. The summed E-state index contributed by atoms with van der Waals surface area (Å²) in [7, 11) is 0. The molecule has 0 bridgehead atoms. The molecule has 0 aromatic carbocycles. The quantitative estimate of drug-likeness (QED) is 0.779. The normalized spacial score (nSPS) is 20.9. The molecule has 0 amide bonds. The van der Waals surface area contributed by atoms with E-state index in [4.69, 9.17) is 4.42 Å². The van der Waals surface area contributed by atoms with Gasteiger partial charge in [0.1, 0.15) is 11.5 Å². The summed E-state index contributed by atoms with van der Waals surface area (Å²) < 4.78 is 5.22. The summed E-state index contributed by atoms with van der Waals surface area (Å²) in [6.07, 6.45) is 6.53. The highest BCUT2D eigenvalue weighted by molar-refractivity contribution is 5.82. The predicted molar refractivity (Wildman–Crippen MR) is 63.2 cm³/mol. The van der Waals surface area contributed by atoms with Gasteiger partial charge in [0.25, 0.3) is 0 Å². The molecule has 1 aromatic rings. The Hall–Kier alpha value is -1.05. The van der Waals surface area contributed by atoms with E-state index >= 15 is 0 Å². The van der Waals surface area contributed by atoms with Crippen molar-refractivity contribution in [3.05, 3.63) is 24.2 Å². The summed E-state index contributed by atoms with van der Waals surface area (Å²) in [4.78, 5) is 12.0. The van der Waals surface area contributed by atoms with Gasteiger partial charge in [0.2, 0.25) is 0 Å². The van der Waals surface area contributed by atoms with E-state index in [-0.39, 0.29) is 5.92 Å². The van der Waals surface area contributed by atoms with E-state index in [0.29, 0.717) is 17.6 Å². The largest absolute Gasteiger partial charge is 0.469 e. The van der Waals surface area contributed by atoms with Crippen LogP contribution in [0, 0.1) is 11.3 Å². The van der Waals surface area contributed by atoms with Gasteiger partial charge in [-0.15, -0.1) is 0 Å². The molecule has 88 valence electrons. The zero-order chi connectivity index (χ0) is 11.6. The molecule has 2 heteroatoms. The van der Waals surface area contributed by atoms with Crippen LogP contribution >= 0.6 is 0 Å². The molecule has 0 N–H and O–H groups in total. The topological polar surface area (TPSA) is 30.2 Å². The number of hydrogen-bond acceptors (Lipinski definition) is 2. The first-order chi connectivity index (χ1) is 7.57. The van der Waals surface area contributed by atoms with Crippen molar-refractivity contribution in [3.8, 4) is 0 Å². The van der Waals surface area contributed by atoms with Crippen molar-refractivity contribution in [2.45, 2.75) is 46.0 Å². The highest BCUT2D eigenvalue weighted by Crippen LogP contribution is 2.38. The summed E-state index contributed by atoms with van der Waals surface area (Å²) in [5.41, 5.74) is 0.432. The molecule has 0 atom stereocenters. The molecule has 0 spiro atoms. The van der Waals surface area contributed by atoms with E-state index in [1.165, 1.54) is 12.8 Å². The zero-order valence-electron chi connectivity index (χ0n) is 10.2. The Morgan fingerprint density at radius 1 is 1.44 bits per heavy atom. The second-order valence-corrected chi connectivity index (χ2v) is 5.66. The van der Waals surface area contributed by atoms with Gasteiger partial charge < -0.3 is 4.42 Å². The Kier molecular flexibility index (Phi) is 3.17. The molecule has 0 radical (unpaired) electrons. The Labute approximate surface area is 97.0 Å². The second kappa shape index (κ2) is 4.44. The first-order valence-corrected chi connectivity index (χ1v) is 6.12.